The number of thiophene rings is 1. The molecule has 1 saturated carbocycles. The van der Waals surface area contributed by atoms with Crippen molar-refractivity contribution >= 4 is 31.6 Å². The summed E-state index contributed by atoms with van der Waals surface area (Å²) in [5.41, 5.74) is 0.806. The SMILES string of the molecule is O=S(=O)(NC[C@H]1CCC[C@H]1O)c1cnc2ccsc2c1. The molecule has 5 nitrogen and oxygen atoms in total. The highest BCUT2D eigenvalue weighted by molar-refractivity contribution is 7.89. The molecule has 2 N–H and O–H groups in total. The van der Waals surface area contributed by atoms with E-state index in [9.17, 15) is 13.5 Å². The molecule has 0 radical (unpaired) electrons. The molecule has 0 aliphatic heterocycles. The number of fused-ring (bicyclic) bond motifs is 1. The van der Waals surface area contributed by atoms with Gasteiger partial charge >= 0.3 is 0 Å². The van der Waals surface area contributed by atoms with Crippen molar-refractivity contribution in [1.82, 2.24) is 9.71 Å². The van der Waals surface area contributed by atoms with Crippen LogP contribution in [0.1, 0.15) is 19.3 Å². The highest BCUT2D eigenvalue weighted by Gasteiger charge is 2.27. The number of nitrogens with zero attached hydrogens (tertiary/aromatic N) is 1. The minimum absolute atomic E-state index is 0.0169. The maximum atomic E-state index is 12.2. The molecule has 20 heavy (non-hydrogen) atoms. The van der Waals surface area contributed by atoms with E-state index in [4.69, 9.17) is 0 Å². The smallest absolute Gasteiger partial charge is 0.242 e. The molecule has 0 saturated heterocycles. The molecule has 7 heteroatoms. The number of sulfonamides is 1. The number of aliphatic hydroxyl groups is 1. The molecule has 0 aromatic carbocycles. The van der Waals surface area contributed by atoms with Gasteiger partial charge in [-0.3, -0.25) is 4.98 Å². The van der Waals surface area contributed by atoms with Crippen LogP contribution in [0.2, 0.25) is 0 Å². The molecule has 2 aromatic rings. The maximum absolute atomic E-state index is 12.2. The van der Waals surface area contributed by atoms with Crippen molar-refractivity contribution < 1.29 is 13.5 Å². The number of pyridine rings is 1. The van der Waals surface area contributed by atoms with Gasteiger partial charge in [0, 0.05) is 12.7 Å². The first kappa shape index (κ1) is 13.9. The highest BCUT2D eigenvalue weighted by Crippen LogP contribution is 2.26. The first-order valence-corrected chi connectivity index (χ1v) is 8.93. The standard InChI is InChI=1S/C13H16N2O3S2/c16-12-3-1-2-9(12)7-15-20(17,18)10-6-13-11(14-8-10)4-5-19-13/h4-6,8-9,12,15-16H,1-3,7H2/t9-,12-/m1/s1. The maximum Gasteiger partial charge on any atom is 0.242 e. The van der Waals surface area contributed by atoms with Gasteiger partial charge in [-0.15, -0.1) is 11.3 Å². The van der Waals surface area contributed by atoms with E-state index in [2.05, 4.69) is 9.71 Å². The van der Waals surface area contributed by atoms with Gasteiger partial charge in [-0.1, -0.05) is 6.42 Å². The molecule has 2 aromatic heterocycles. The lowest BCUT2D eigenvalue weighted by atomic mass is 10.1. The fourth-order valence-corrected chi connectivity index (χ4v) is 4.45. The Labute approximate surface area is 121 Å². The third kappa shape index (κ3) is 2.71. The second-order valence-electron chi connectivity index (χ2n) is 5.09. The summed E-state index contributed by atoms with van der Waals surface area (Å²) in [5, 5.41) is 11.6. The van der Waals surface area contributed by atoms with E-state index in [1.807, 2.05) is 11.4 Å². The predicted octanol–water partition coefficient (Wildman–Crippen LogP) is 1.74. The Morgan fingerprint density at radius 2 is 2.30 bits per heavy atom. The van der Waals surface area contributed by atoms with Crippen LogP contribution in [0.3, 0.4) is 0 Å². The van der Waals surface area contributed by atoms with Crippen LogP contribution < -0.4 is 4.72 Å². The van der Waals surface area contributed by atoms with Crippen molar-refractivity contribution in [3.8, 4) is 0 Å². The topological polar surface area (TPSA) is 79.3 Å². The lowest BCUT2D eigenvalue weighted by Crippen LogP contribution is -2.32. The summed E-state index contributed by atoms with van der Waals surface area (Å²) in [4.78, 5) is 4.32. The largest absolute Gasteiger partial charge is 0.393 e. The molecule has 0 spiro atoms. The second-order valence-corrected chi connectivity index (χ2v) is 7.80. The van der Waals surface area contributed by atoms with Gasteiger partial charge in [0.25, 0.3) is 0 Å². The van der Waals surface area contributed by atoms with Crippen LogP contribution >= 0.6 is 11.3 Å². The van der Waals surface area contributed by atoms with Crippen LogP contribution in [0.25, 0.3) is 10.2 Å². The minimum atomic E-state index is -3.56. The summed E-state index contributed by atoms with van der Waals surface area (Å²) in [6.07, 6.45) is 3.57. The van der Waals surface area contributed by atoms with E-state index < -0.39 is 16.1 Å². The van der Waals surface area contributed by atoms with E-state index in [1.54, 1.807) is 6.07 Å². The van der Waals surface area contributed by atoms with Crippen molar-refractivity contribution in [3.05, 3.63) is 23.7 Å². The van der Waals surface area contributed by atoms with Crippen molar-refractivity contribution in [1.29, 1.82) is 0 Å². The molecular weight excluding hydrogens is 296 g/mol. The first-order valence-electron chi connectivity index (χ1n) is 6.57. The van der Waals surface area contributed by atoms with Gasteiger partial charge in [-0.2, -0.15) is 0 Å². The Balaban J connectivity index is 1.76. The molecular formula is C13H16N2O3S2. The molecule has 0 unspecified atom stereocenters. The van der Waals surface area contributed by atoms with E-state index in [0.717, 1.165) is 29.5 Å². The number of rotatable bonds is 4. The van der Waals surface area contributed by atoms with Gasteiger partial charge < -0.3 is 5.11 Å². The van der Waals surface area contributed by atoms with Crippen molar-refractivity contribution in [3.63, 3.8) is 0 Å². The summed E-state index contributed by atoms with van der Waals surface area (Å²) in [6.45, 7) is 0.284. The lowest BCUT2D eigenvalue weighted by Gasteiger charge is -2.15. The fraction of sp³-hybridized carbons (Fsp3) is 0.462. The van der Waals surface area contributed by atoms with Gasteiger partial charge in [-0.05, 0) is 36.3 Å². The van der Waals surface area contributed by atoms with Crippen molar-refractivity contribution in [2.24, 2.45) is 5.92 Å². The van der Waals surface area contributed by atoms with Crippen LogP contribution in [0.15, 0.2) is 28.6 Å². The Kier molecular flexibility index (Phi) is 3.76. The Bertz CT molecular complexity index is 711. The molecule has 1 aliphatic rings. The van der Waals surface area contributed by atoms with Crippen LogP contribution in [0.4, 0.5) is 0 Å². The molecule has 3 rings (SSSR count). The monoisotopic (exact) mass is 312 g/mol. The molecule has 1 fully saturated rings. The summed E-state index contributed by atoms with van der Waals surface area (Å²) in [7, 11) is -3.56. The molecule has 0 bridgehead atoms. The number of aromatic nitrogens is 1. The van der Waals surface area contributed by atoms with Crippen LogP contribution in [0, 0.1) is 5.92 Å². The van der Waals surface area contributed by atoms with E-state index >= 15 is 0 Å². The van der Waals surface area contributed by atoms with Gasteiger partial charge in [-0.25, -0.2) is 13.1 Å². The number of hydrogen-bond donors (Lipinski definition) is 2. The number of hydrogen-bond acceptors (Lipinski definition) is 5. The fourth-order valence-electron chi connectivity index (χ4n) is 2.53. The van der Waals surface area contributed by atoms with E-state index in [0.29, 0.717) is 0 Å². The number of nitrogens with one attached hydrogen (secondary N) is 1. The van der Waals surface area contributed by atoms with Crippen LogP contribution in [-0.2, 0) is 10.0 Å². The molecule has 1 aliphatic carbocycles. The zero-order valence-corrected chi connectivity index (χ0v) is 12.5. The van der Waals surface area contributed by atoms with Gasteiger partial charge in [0.05, 0.1) is 16.3 Å². The minimum Gasteiger partial charge on any atom is -0.393 e. The molecule has 2 atom stereocenters. The first-order chi connectivity index (χ1) is 9.56. The Morgan fingerprint density at radius 1 is 1.45 bits per heavy atom. The molecule has 2 heterocycles. The van der Waals surface area contributed by atoms with Gasteiger partial charge in [0.1, 0.15) is 4.90 Å². The number of aliphatic hydroxyl groups excluding tert-OH is 1. The average molecular weight is 312 g/mol. The third-order valence-corrected chi connectivity index (χ3v) is 5.99. The van der Waals surface area contributed by atoms with E-state index in [1.165, 1.54) is 17.5 Å². The quantitative estimate of drug-likeness (QED) is 0.901. The van der Waals surface area contributed by atoms with Crippen LogP contribution in [-0.4, -0.2) is 31.2 Å². The zero-order valence-electron chi connectivity index (χ0n) is 10.8. The van der Waals surface area contributed by atoms with Crippen molar-refractivity contribution in [2.45, 2.75) is 30.3 Å². The molecule has 0 amide bonds. The third-order valence-electron chi connectivity index (χ3n) is 3.74. The zero-order chi connectivity index (χ0) is 14.2. The van der Waals surface area contributed by atoms with Crippen molar-refractivity contribution in [2.75, 3.05) is 6.54 Å². The summed E-state index contributed by atoms with van der Waals surface area (Å²) < 4.78 is 27.9. The Hall–Kier alpha value is -1.02. The predicted molar refractivity (Wildman–Crippen MR) is 78.2 cm³/mol. The highest BCUT2D eigenvalue weighted by atomic mass is 32.2. The Morgan fingerprint density at radius 3 is 3.05 bits per heavy atom. The summed E-state index contributed by atoms with van der Waals surface area (Å²) >= 11 is 1.47. The normalized spacial score (nSPS) is 23.4. The molecule has 108 valence electrons. The summed E-state index contributed by atoms with van der Waals surface area (Å²) in [5.74, 6) is 0.0169. The second kappa shape index (κ2) is 5.40. The van der Waals surface area contributed by atoms with Crippen LogP contribution in [0.5, 0.6) is 0 Å². The van der Waals surface area contributed by atoms with E-state index in [-0.39, 0.29) is 17.4 Å². The average Bonchev–Trinajstić information content (AvgIpc) is 3.04. The summed E-state index contributed by atoms with van der Waals surface area (Å²) in [6, 6.07) is 3.50. The lowest BCUT2D eigenvalue weighted by molar-refractivity contribution is 0.134. The van der Waals surface area contributed by atoms with Gasteiger partial charge in [0.2, 0.25) is 10.0 Å². The van der Waals surface area contributed by atoms with Gasteiger partial charge in [0.15, 0.2) is 0 Å².